The Morgan fingerprint density at radius 2 is 1.83 bits per heavy atom. The molecule has 132 valence electrons. The van der Waals surface area contributed by atoms with Gasteiger partial charge in [-0.3, -0.25) is 9.59 Å². The second-order valence-electron chi connectivity index (χ2n) is 7.59. The number of rotatable bonds is 5. The average Bonchev–Trinajstić information content (AvgIpc) is 2.95. The van der Waals surface area contributed by atoms with Crippen LogP contribution in [0.25, 0.3) is 0 Å². The number of aliphatic carboxylic acids is 1. The molecule has 0 bridgehead atoms. The Morgan fingerprint density at radius 1 is 1.21 bits per heavy atom. The highest BCUT2D eigenvalue weighted by Gasteiger charge is 2.31. The van der Waals surface area contributed by atoms with Gasteiger partial charge in [0, 0.05) is 6.04 Å². The molecule has 2 N–H and O–H groups in total. The zero-order chi connectivity index (χ0) is 17.9. The van der Waals surface area contributed by atoms with Crippen molar-refractivity contribution in [1.82, 2.24) is 5.32 Å². The fourth-order valence-electron chi connectivity index (χ4n) is 2.95. The van der Waals surface area contributed by atoms with E-state index in [4.69, 9.17) is 9.84 Å². The zero-order valence-electron chi connectivity index (χ0n) is 14.8. The van der Waals surface area contributed by atoms with Gasteiger partial charge in [-0.1, -0.05) is 32.9 Å². The molecule has 5 heteroatoms. The number of carboxylic acids is 1. The van der Waals surface area contributed by atoms with Gasteiger partial charge in [0.15, 0.2) is 6.10 Å². The summed E-state index contributed by atoms with van der Waals surface area (Å²) in [6.45, 7) is 8.14. The van der Waals surface area contributed by atoms with E-state index in [0.29, 0.717) is 25.0 Å². The number of hydrogen-bond acceptors (Lipinski definition) is 3. The molecule has 0 aliphatic heterocycles. The summed E-state index contributed by atoms with van der Waals surface area (Å²) in [5.74, 6) is -0.683. The van der Waals surface area contributed by atoms with Crippen molar-refractivity contribution in [3.63, 3.8) is 0 Å². The van der Waals surface area contributed by atoms with Crippen LogP contribution in [-0.4, -0.2) is 29.1 Å². The van der Waals surface area contributed by atoms with E-state index in [-0.39, 0.29) is 23.3 Å². The van der Waals surface area contributed by atoms with Crippen LogP contribution in [-0.2, 0) is 15.0 Å². The summed E-state index contributed by atoms with van der Waals surface area (Å²) in [4.78, 5) is 23.2. The standard InChI is InChI=1S/C19H27NO4/c1-12(17(21)20-15-8-5-13(11-15)18(22)23)24-16-9-6-14(7-10-16)19(2,3)4/h6-7,9-10,12-13,15H,5,8,11H2,1-4H3,(H,20,21)(H,22,23)/t12?,13-,15+/m1/s1. The van der Waals surface area contributed by atoms with Crippen molar-refractivity contribution in [2.24, 2.45) is 5.92 Å². The maximum atomic E-state index is 12.2. The van der Waals surface area contributed by atoms with Crippen LogP contribution < -0.4 is 10.1 Å². The minimum atomic E-state index is -0.782. The van der Waals surface area contributed by atoms with E-state index in [1.165, 1.54) is 5.56 Å². The van der Waals surface area contributed by atoms with Crippen molar-refractivity contribution < 1.29 is 19.4 Å². The Morgan fingerprint density at radius 3 is 2.33 bits per heavy atom. The van der Waals surface area contributed by atoms with Crippen LogP contribution >= 0.6 is 0 Å². The second kappa shape index (κ2) is 7.24. The van der Waals surface area contributed by atoms with Gasteiger partial charge in [0.1, 0.15) is 5.75 Å². The monoisotopic (exact) mass is 333 g/mol. The third kappa shape index (κ3) is 4.73. The molecule has 1 saturated carbocycles. The maximum absolute atomic E-state index is 12.2. The SMILES string of the molecule is CC(Oc1ccc(C(C)(C)C)cc1)C(=O)N[C@H]1CC[C@@H](C(=O)O)C1. The van der Waals surface area contributed by atoms with E-state index in [1.54, 1.807) is 6.92 Å². The van der Waals surface area contributed by atoms with Crippen LogP contribution in [0.1, 0.15) is 52.5 Å². The summed E-state index contributed by atoms with van der Waals surface area (Å²) in [7, 11) is 0. The van der Waals surface area contributed by atoms with Gasteiger partial charge in [0.2, 0.25) is 0 Å². The largest absolute Gasteiger partial charge is 0.481 e. The lowest BCUT2D eigenvalue weighted by molar-refractivity contribution is -0.141. The van der Waals surface area contributed by atoms with Crippen molar-refractivity contribution in [2.75, 3.05) is 0 Å². The van der Waals surface area contributed by atoms with Crippen molar-refractivity contribution in [3.05, 3.63) is 29.8 Å². The molecule has 24 heavy (non-hydrogen) atoms. The molecule has 1 unspecified atom stereocenters. The fraction of sp³-hybridized carbons (Fsp3) is 0.579. The number of nitrogens with one attached hydrogen (secondary N) is 1. The van der Waals surface area contributed by atoms with Gasteiger partial charge in [-0.05, 0) is 49.3 Å². The van der Waals surface area contributed by atoms with E-state index >= 15 is 0 Å². The van der Waals surface area contributed by atoms with Gasteiger partial charge >= 0.3 is 5.97 Å². The number of hydrogen-bond donors (Lipinski definition) is 2. The number of carbonyl (C=O) groups is 2. The molecule has 1 fully saturated rings. The van der Waals surface area contributed by atoms with Gasteiger partial charge in [0.25, 0.3) is 5.91 Å². The predicted octanol–water partition coefficient (Wildman–Crippen LogP) is 3.12. The van der Waals surface area contributed by atoms with Gasteiger partial charge in [-0.15, -0.1) is 0 Å². The topological polar surface area (TPSA) is 75.6 Å². The summed E-state index contributed by atoms with van der Waals surface area (Å²) in [5.41, 5.74) is 1.28. The smallest absolute Gasteiger partial charge is 0.306 e. The lowest BCUT2D eigenvalue weighted by Crippen LogP contribution is -2.41. The maximum Gasteiger partial charge on any atom is 0.306 e. The lowest BCUT2D eigenvalue weighted by Gasteiger charge is -2.21. The van der Waals surface area contributed by atoms with Gasteiger partial charge in [-0.2, -0.15) is 0 Å². The molecular formula is C19H27NO4. The van der Waals surface area contributed by atoms with Crippen molar-refractivity contribution in [2.45, 2.75) is 64.5 Å². The first-order valence-corrected chi connectivity index (χ1v) is 8.47. The molecule has 3 atom stereocenters. The fourth-order valence-corrected chi connectivity index (χ4v) is 2.95. The van der Waals surface area contributed by atoms with Crippen LogP contribution in [0.4, 0.5) is 0 Å². The molecule has 2 rings (SSSR count). The number of amides is 1. The first-order chi connectivity index (χ1) is 11.2. The van der Waals surface area contributed by atoms with E-state index in [1.807, 2.05) is 24.3 Å². The number of benzene rings is 1. The summed E-state index contributed by atoms with van der Waals surface area (Å²) < 4.78 is 5.70. The molecule has 0 heterocycles. The minimum Gasteiger partial charge on any atom is -0.481 e. The molecule has 1 amide bonds. The normalized spacial score (nSPS) is 22.0. The number of carbonyl (C=O) groups excluding carboxylic acids is 1. The van der Waals surface area contributed by atoms with Crippen LogP contribution in [0.3, 0.4) is 0 Å². The van der Waals surface area contributed by atoms with Crippen molar-refractivity contribution in [3.8, 4) is 5.75 Å². The Balaban J connectivity index is 1.87. The van der Waals surface area contributed by atoms with Crippen LogP contribution in [0, 0.1) is 5.92 Å². The third-order valence-electron chi connectivity index (χ3n) is 4.53. The van der Waals surface area contributed by atoms with E-state index in [9.17, 15) is 9.59 Å². The Kier molecular flexibility index (Phi) is 5.52. The zero-order valence-corrected chi connectivity index (χ0v) is 14.8. The van der Waals surface area contributed by atoms with Crippen LogP contribution in [0.5, 0.6) is 5.75 Å². The summed E-state index contributed by atoms with van der Waals surface area (Å²) in [5, 5.41) is 11.9. The minimum absolute atomic E-state index is 0.0741. The summed E-state index contributed by atoms with van der Waals surface area (Å²) >= 11 is 0. The van der Waals surface area contributed by atoms with Crippen molar-refractivity contribution in [1.29, 1.82) is 0 Å². The summed E-state index contributed by atoms with van der Waals surface area (Å²) in [6.07, 6.45) is 1.20. The van der Waals surface area contributed by atoms with Crippen LogP contribution in [0.2, 0.25) is 0 Å². The molecule has 0 radical (unpaired) electrons. The number of ether oxygens (including phenoxy) is 1. The molecular weight excluding hydrogens is 306 g/mol. The van der Waals surface area contributed by atoms with E-state index in [0.717, 1.165) is 0 Å². The Labute approximate surface area is 143 Å². The highest BCUT2D eigenvalue weighted by atomic mass is 16.5. The molecule has 1 aromatic rings. The number of carboxylic acid groups (broad SMARTS) is 1. The Hall–Kier alpha value is -2.04. The first kappa shape index (κ1) is 18.3. The first-order valence-electron chi connectivity index (χ1n) is 8.47. The molecule has 0 saturated heterocycles. The molecule has 1 aromatic carbocycles. The quantitative estimate of drug-likeness (QED) is 0.868. The molecule has 5 nitrogen and oxygen atoms in total. The van der Waals surface area contributed by atoms with E-state index in [2.05, 4.69) is 26.1 Å². The van der Waals surface area contributed by atoms with E-state index < -0.39 is 12.1 Å². The molecule has 0 spiro atoms. The third-order valence-corrected chi connectivity index (χ3v) is 4.53. The summed E-state index contributed by atoms with van der Waals surface area (Å²) in [6, 6.07) is 7.69. The van der Waals surface area contributed by atoms with Gasteiger partial charge in [0.05, 0.1) is 5.92 Å². The molecule has 0 aromatic heterocycles. The highest BCUT2D eigenvalue weighted by Crippen LogP contribution is 2.26. The van der Waals surface area contributed by atoms with Crippen LogP contribution in [0.15, 0.2) is 24.3 Å². The predicted molar refractivity (Wildman–Crippen MR) is 92.1 cm³/mol. The molecule has 1 aliphatic carbocycles. The second-order valence-corrected chi connectivity index (χ2v) is 7.59. The van der Waals surface area contributed by atoms with Gasteiger partial charge < -0.3 is 15.2 Å². The Bertz CT molecular complexity index is 588. The van der Waals surface area contributed by atoms with Gasteiger partial charge in [-0.25, -0.2) is 0 Å². The van der Waals surface area contributed by atoms with Crippen molar-refractivity contribution >= 4 is 11.9 Å². The lowest BCUT2D eigenvalue weighted by atomic mass is 9.87. The average molecular weight is 333 g/mol. The highest BCUT2D eigenvalue weighted by molar-refractivity contribution is 5.81. The molecule has 1 aliphatic rings.